The van der Waals surface area contributed by atoms with Gasteiger partial charge in [-0.2, -0.15) is 0 Å². The minimum atomic E-state index is -0.0524. The van der Waals surface area contributed by atoms with Crippen LogP contribution in [0.5, 0.6) is 0 Å². The van der Waals surface area contributed by atoms with Gasteiger partial charge >= 0.3 is 0 Å². The first-order valence-electron chi connectivity index (χ1n) is 5.64. The third-order valence-electron chi connectivity index (χ3n) is 2.70. The highest BCUT2D eigenvalue weighted by atomic mass is 28.2. The Kier molecular flexibility index (Phi) is 7.43. The molecule has 0 aromatic rings. The van der Waals surface area contributed by atoms with Crippen LogP contribution < -0.4 is 0 Å². The second kappa shape index (κ2) is 7.38. The van der Waals surface area contributed by atoms with E-state index in [2.05, 4.69) is 20.8 Å². The molecule has 0 saturated carbocycles. The lowest BCUT2D eigenvalue weighted by molar-refractivity contribution is -0.0476. The first kappa shape index (κ1) is 15.1. The molecule has 0 aliphatic carbocycles. The number of ether oxygens (including phenoxy) is 2. The molecule has 0 rings (SSSR count). The zero-order valence-corrected chi connectivity index (χ0v) is 13.0. The lowest BCUT2D eigenvalue weighted by Crippen LogP contribution is -2.32. The third-order valence-corrected chi connectivity index (χ3v) is 3.80. The molecule has 4 heteroatoms. The maximum atomic E-state index is 5.79. The van der Waals surface area contributed by atoms with Crippen molar-refractivity contribution in [1.82, 2.24) is 0 Å². The average Bonchev–Trinajstić information content (AvgIpc) is 2.23. The molecular weight excluding hydrogens is 208 g/mol. The maximum absolute atomic E-state index is 5.79. The predicted octanol–water partition coefficient (Wildman–Crippen LogP) is 1.28. The van der Waals surface area contributed by atoms with Crippen molar-refractivity contribution in [2.75, 3.05) is 13.7 Å². The highest BCUT2D eigenvalue weighted by molar-refractivity contribution is 5.98. The third kappa shape index (κ3) is 7.06. The van der Waals surface area contributed by atoms with E-state index in [1.54, 1.807) is 7.11 Å². The molecule has 0 spiro atoms. The predicted molar refractivity (Wildman–Crippen MR) is 66.2 cm³/mol. The molecule has 0 bridgehead atoms. The number of methoxy groups -OCH3 is 1. The lowest BCUT2D eigenvalue weighted by atomic mass is 9.99. The number of hydrogen-bond donors (Lipinski definition) is 0. The summed E-state index contributed by atoms with van der Waals surface area (Å²) >= 11 is 0. The Morgan fingerprint density at radius 2 is 1.93 bits per heavy atom. The number of hydrogen-bond acceptors (Lipinski definition) is 3. The van der Waals surface area contributed by atoms with Gasteiger partial charge in [-0.1, -0.05) is 6.92 Å². The SMILES string of the molecule is CCC(CC(C)(C)O[SiH3])OCC(C)OC. The molecule has 2 atom stereocenters. The lowest BCUT2D eigenvalue weighted by Gasteiger charge is -2.29. The molecule has 15 heavy (non-hydrogen) atoms. The summed E-state index contributed by atoms with van der Waals surface area (Å²) in [6.45, 7) is 9.05. The molecule has 0 aliphatic heterocycles. The first-order valence-corrected chi connectivity index (χ1v) is 6.46. The Morgan fingerprint density at radius 1 is 1.33 bits per heavy atom. The van der Waals surface area contributed by atoms with Crippen LogP contribution >= 0.6 is 0 Å². The molecule has 0 amide bonds. The van der Waals surface area contributed by atoms with Crippen molar-refractivity contribution in [3.8, 4) is 0 Å². The van der Waals surface area contributed by atoms with Crippen LogP contribution in [0.15, 0.2) is 0 Å². The zero-order valence-electron chi connectivity index (χ0n) is 11.0. The summed E-state index contributed by atoms with van der Waals surface area (Å²) in [4.78, 5) is 0. The highest BCUT2D eigenvalue weighted by Crippen LogP contribution is 2.19. The minimum absolute atomic E-state index is 0.0524. The van der Waals surface area contributed by atoms with Crippen molar-refractivity contribution in [3.05, 3.63) is 0 Å². The fourth-order valence-electron chi connectivity index (χ4n) is 1.29. The second-order valence-corrected chi connectivity index (χ2v) is 4.99. The van der Waals surface area contributed by atoms with Gasteiger partial charge in [-0.15, -0.1) is 0 Å². The summed E-state index contributed by atoms with van der Waals surface area (Å²) in [6, 6.07) is 0. The Labute approximate surface area is 97.0 Å². The van der Waals surface area contributed by atoms with Crippen molar-refractivity contribution in [1.29, 1.82) is 0 Å². The Bertz CT molecular complexity index is 162. The summed E-state index contributed by atoms with van der Waals surface area (Å²) in [6.07, 6.45) is 2.40. The van der Waals surface area contributed by atoms with Crippen molar-refractivity contribution in [2.24, 2.45) is 0 Å². The zero-order chi connectivity index (χ0) is 11.9. The van der Waals surface area contributed by atoms with Crippen molar-refractivity contribution < 1.29 is 13.9 Å². The molecule has 0 aromatic carbocycles. The molecule has 0 saturated heterocycles. The molecule has 0 aromatic heterocycles. The average molecular weight is 234 g/mol. The molecular formula is C11H26O3Si. The summed E-state index contributed by atoms with van der Waals surface area (Å²) in [5.74, 6) is 0. The number of rotatable bonds is 8. The van der Waals surface area contributed by atoms with Crippen LogP contribution in [0.3, 0.4) is 0 Å². The van der Waals surface area contributed by atoms with E-state index in [0.29, 0.717) is 6.61 Å². The summed E-state index contributed by atoms with van der Waals surface area (Å²) < 4.78 is 16.5. The first-order chi connectivity index (χ1) is 6.95. The van der Waals surface area contributed by atoms with E-state index < -0.39 is 0 Å². The Balaban J connectivity index is 3.93. The van der Waals surface area contributed by atoms with E-state index in [9.17, 15) is 0 Å². The van der Waals surface area contributed by atoms with Crippen LogP contribution in [0.1, 0.15) is 40.5 Å². The van der Waals surface area contributed by atoms with E-state index in [4.69, 9.17) is 13.9 Å². The molecule has 3 nitrogen and oxygen atoms in total. The van der Waals surface area contributed by atoms with E-state index in [0.717, 1.165) is 23.3 Å². The van der Waals surface area contributed by atoms with Crippen LogP contribution in [-0.2, 0) is 13.9 Å². The fourth-order valence-corrected chi connectivity index (χ4v) is 1.46. The van der Waals surface area contributed by atoms with E-state index in [1.165, 1.54) is 0 Å². The van der Waals surface area contributed by atoms with Gasteiger partial charge in [0.2, 0.25) is 0 Å². The molecule has 0 aliphatic rings. The van der Waals surface area contributed by atoms with E-state index in [1.807, 2.05) is 6.92 Å². The summed E-state index contributed by atoms with van der Waals surface area (Å²) in [5.41, 5.74) is -0.0524. The van der Waals surface area contributed by atoms with Gasteiger partial charge in [-0.05, 0) is 27.2 Å². The van der Waals surface area contributed by atoms with Gasteiger partial charge in [0.05, 0.1) is 24.4 Å². The van der Waals surface area contributed by atoms with E-state index in [-0.39, 0.29) is 17.8 Å². The normalized spacial score (nSPS) is 16.6. The van der Waals surface area contributed by atoms with Gasteiger partial charge in [0, 0.05) is 13.5 Å². The molecule has 0 radical (unpaired) electrons. The van der Waals surface area contributed by atoms with Crippen molar-refractivity contribution in [3.63, 3.8) is 0 Å². The minimum Gasteiger partial charge on any atom is -0.423 e. The quantitative estimate of drug-likeness (QED) is 0.592. The second-order valence-electron chi connectivity index (χ2n) is 4.58. The molecule has 2 unspecified atom stereocenters. The Morgan fingerprint density at radius 3 is 2.33 bits per heavy atom. The van der Waals surface area contributed by atoms with Crippen molar-refractivity contribution in [2.45, 2.75) is 58.3 Å². The van der Waals surface area contributed by atoms with Gasteiger partial charge in [0.15, 0.2) is 0 Å². The van der Waals surface area contributed by atoms with Gasteiger partial charge in [-0.25, -0.2) is 0 Å². The van der Waals surface area contributed by atoms with Crippen LogP contribution in [0.2, 0.25) is 0 Å². The summed E-state index contributed by atoms with van der Waals surface area (Å²) in [7, 11) is 2.48. The molecule has 0 fully saturated rings. The van der Waals surface area contributed by atoms with E-state index >= 15 is 0 Å². The van der Waals surface area contributed by atoms with Gasteiger partial charge in [0.25, 0.3) is 0 Å². The van der Waals surface area contributed by atoms with Crippen LogP contribution in [0, 0.1) is 0 Å². The van der Waals surface area contributed by atoms with Crippen molar-refractivity contribution >= 4 is 10.5 Å². The van der Waals surface area contributed by atoms with Gasteiger partial charge in [0.1, 0.15) is 10.5 Å². The monoisotopic (exact) mass is 234 g/mol. The highest BCUT2D eigenvalue weighted by Gasteiger charge is 2.22. The topological polar surface area (TPSA) is 27.7 Å². The van der Waals surface area contributed by atoms with Crippen LogP contribution in [-0.4, -0.2) is 42.0 Å². The fraction of sp³-hybridized carbons (Fsp3) is 1.00. The molecule has 92 valence electrons. The maximum Gasteiger partial charge on any atom is 0.146 e. The largest absolute Gasteiger partial charge is 0.423 e. The smallest absolute Gasteiger partial charge is 0.146 e. The van der Waals surface area contributed by atoms with Crippen LogP contribution in [0.25, 0.3) is 0 Å². The van der Waals surface area contributed by atoms with Gasteiger partial charge < -0.3 is 13.9 Å². The molecule has 0 heterocycles. The van der Waals surface area contributed by atoms with Crippen LogP contribution in [0.4, 0.5) is 0 Å². The van der Waals surface area contributed by atoms with Gasteiger partial charge in [-0.3, -0.25) is 0 Å². The Hall–Kier alpha value is 0.0969. The molecule has 0 N–H and O–H groups in total. The summed E-state index contributed by atoms with van der Waals surface area (Å²) in [5, 5.41) is 0. The standard InChI is InChI=1S/C11H26O3Si/c1-6-10(7-11(3,4)14-15)13-8-9(2)12-5/h9-10H,6-8H2,1-5,15H3.